The number of hydrogen-bond acceptors (Lipinski definition) is 2. The van der Waals surface area contributed by atoms with Gasteiger partial charge in [0.1, 0.15) is 0 Å². The van der Waals surface area contributed by atoms with Gasteiger partial charge in [-0.2, -0.15) is 0 Å². The van der Waals surface area contributed by atoms with Crippen LogP contribution in [0.3, 0.4) is 0 Å². The monoisotopic (exact) mass is 285 g/mol. The van der Waals surface area contributed by atoms with Crippen LogP contribution in [0, 0.1) is 6.92 Å². The largest absolute Gasteiger partial charge is 0.396 e. The maximum Gasteiger partial charge on any atom is 0.224 e. The summed E-state index contributed by atoms with van der Waals surface area (Å²) in [6.07, 6.45) is 1.83. The van der Waals surface area contributed by atoms with Crippen molar-refractivity contribution in [3.05, 3.63) is 28.2 Å². The molecule has 1 amide bonds. The van der Waals surface area contributed by atoms with Crippen LogP contribution in [-0.2, 0) is 4.79 Å². The Kier molecular flexibility index (Phi) is 5.49. The summed E-state index contributed by atoms with van der Waals surface area (Å²) in [6, 6.07) is 5.79. The van der Waals surface area contributed by atoms with Gasteiger partial charge < -0.3 is 10.4 Å². The molecule has 0 unspecified atom stereocenters. The average Bonchev–Trinajstić information content (AvgIpc) is 2.23. The Morgan fingerprint density at radius 3 is 2.81 bits per heavy atom. The molecule has 0 aliphatic rings. The van der Waals surface area contributed by atoms with Crippen LogP contribution in [0.15, 0.2) is 22.7 Å². The molecule has 0 heterocycles. The van der Waals surface area contributed by atoms with Crippen molar-refractivity contribution in [1.82, 2.24) is 0 Å². The Morgan fingerprint density at radius 2 is 2.19 bits per heavy atom. The number of nitrogens with one attached hydrogen (secondary N) is 1. The second-order valence-electron chi connectivity index (χ2n) is 3.71. The summed E-state index contributed by atoms with van der Waals surface area (Å²) in [5.74, 6) is -0.0157. The van der Waals surface area contributed by atoms with Crippen LogP contribution in [0.1, 0.15) is 24.8 Å². The second kappa shape index (κ2) is 6.66. The van der Waals surface area contributed by atoms with E-state index in [1.807, 2.05) is 25.1 Å². The fourth-order valence-corrected chi connectivity index (χ4v) is 1.92. The molecule has 0 bridgehead atoms. The highest BCUT2D eigenvalue weighted by Crippen LogP contribution is 2.23. The van der Waals surface area contributed by atoms with Crippen molar-refractivity contribution in [2.75, 3.05) is 11.9 Å². The molecule has 0 saturated heterocycles. The fraction of sp³-hybridized carbons (Fsp3) is 0.417. The number of rotatable bonds is 5. The molecule has 4 heteroatoms. The average molecular weight is 286 g/mol. The van der Waals surface area contributed by atoms with Crippen LogP contribution >= 0.6 is 15.9 Å². The maximum absolute atomic E-state index is 11.5. The molecule has 0 spiro atoms. The number of unbranched alkanes of at least 4 members (excludes halogenated alkanes) is 1. The number of aliphatic hydroxyl groups excluding tert-OH is 1. The Hall–Kier alpha value is -0.870. The molecule has 0 radical (unpaired) electrons. The summed E-state index contributed by atoms with van der Waals surface area (Å²) >= 11 is 3.40. The van der Waals surface area contributed by atoms with Crippen LogP contribution in [0.5, 0.6) is 0 Å². The van der Waals surface area contributed by atoms with Gasteiger partial charge in [0.15, 0.2) is 0 Å². The molecule has 2 N–H and O–H groups in total. The predicted molar refractivity (Wildman–Crippen MR) is 68.4 cm³/mol. The van der Waals surface area contributed by atoms with Crippen LogP contribution in [-0.4, -0.2) is 17.6 Å². The summed E-state index contributed by atoms with van der Waals surface area (Å²) in [6.45, 7) is 2.14. The van der Waals surface area contributed by atoms with Crippen molar-refractivity contribution in [3.63, 3.8) is 0 Å². The first-order valence-corrected chi connectivity index (χ1v) is 6.09. The summed E-state index contributed by atoms with van der Waals surface area (Å²) < 4.78 is 0.892. The van der Waals surface area contributed by atoms with E-state index in [9.17, 15) is 4.79 Å². The molecule has 16 heavy (non-hydrogen) atoms. The van der Waals surface area contributed by atoms with Crippen LogP contribution in [0.4, 0.5) is 5.69 Å². The lowest BCUT2D eigenvalue weighted by molar-refractivity contribution is -0.116. The van der Waals surface area contributed by atoms with Crippen molar-refractivity contribution in [1.29, 1.82) is 0 Å². The van der Waals surface area contributed by atoms with Crippen molar-refractivity contribution >= 4 is 27.5 Å². The number of anilines is 1. The number of benzene rings is 1. The zero-order valence-corrected chi connectivity index (χ0v) is 10.9. The molecule has 1 aromatic rings. The van der Waals surface area contributed by atoms with Gasteiger partial charge in [-0.25, -0.2) is 0 Å². The number of carbonyl (C=O) groups is 1. The summed E-state index contributed by atoms with van der Waals surface area (Å²) in [5.41, 5.74) is 1.93. The summed E-state index contributed by atoms with van der Waals surface area (Å²) in [4.78, 5) is 11.5. The topological polar surface area (TPSA) is 49.3 Å². The van der Waals surface area contributed by atoms with Crippen LogP contribution < -0.4 is 5.32 Å². The van der Waals surface area contributed by atoms with Gasteiger partial charge in [0, 0.05) is 17.5 Å². The molecule has 0 aliphatic carbocycles. The minimum Gasteiger partial charge on any atom is -0.396 e. The first-order chi connectivity index (χ1) is 7.63. The molecule has 0 fully saturated rings. The van der Waals surface area contributed by atoms with Gasteiger partial charge in [-0.15, -0.1) is 0 Å². The molecule has 88 valence electrons. The highest BCUT2D eigenvalue weighted by Gasteiger charge is 2.05. The van der Waals surface area contributed by atoms with Gasteiger partial charge in [-0.3, -0.25) is 4.79 Å². The first-order valence-electron chi connectivity index (χ1n) is 5.30. The van der Waals surface area contributed by atoms with Gasteiger partial charge >= 0.3 is 0 Å². The minimum absolute atomic E-state index is 0.0157. The van der Waals surface area contributed by atoms with Crippen molar-refractivity contribution in [2.24, 2.45) is 0 Å². The van der Waals surface area contributed by atoms with E-state index in [1.165, 1.54) is 0 Å². The molecular formula is C12H16BrNO2. The molecule has 3 nitrogen and oxygen atoms in total. The molecule has 0 aliphatic heterocycles. The lowest BCUT2D eigenvalue weighted by Crippen LogP contribution is -2.11. The minimum atomic E-state index is -0.0157. The predicted octanol–water partition coefficient (Wildman–Crippen LogP) is 2.86. The lowest BCUT2D eigenvalue weighted by atomic mass is 10.2. The van der Waals surface area contributed by atoms with Crippen molar-refractivity contribution < 1.29 is 9.90 Å². The van der Waals surface area contributed by atoms with E-state index >= 15 is 0 Å². The number of carbonyl (C=O) groups excluding carboxylic acids is 1. The molecule has 0 aromatic heterocycles. The van der Waals surface area contributed by atoms with E-state index in [0.717, 1.165) is 15.7 Å². The van der Waals surface area contributed by atoms with E-state index in [0.29, 0.717) is 19.3 Å². The number of hydrogen-bond donors (Lipinski definition) is 2. The van der Waals surface area contributed by atoms with Crippen molar-refractivity contribution in [3.8, 4) is 0 Å². The van der Waals surface area contributed by atoms with Gasteiger partial charge in [0.2, 0.25) is 5.91 Å². The number of amides is 1. The normalized spacial score (nSPS) is 10.2. The molecular weight excluding hydrogens is 270 g/mol. The second-order valence-corrected chi connectivity index (χ2v) is 4.57. The van der Waals surface area contributed by atoms with Gasteiger partial charge in [-0.1, -0.05) is 6.07 Å². The fourth-order valence-electron chi connectivity index (χ4n) is 1.33. The van der Waals surface area contributed by atoms with E-state index in [4.69, 9.17) is 5.11 Å². The Balaban J connectivity index is 2.49. The smallest absolute Gasteiger partial charge is 0.224 e. The number of aryl methyl sites for hydroxylation is 1. The zero-order valence-electron chi connectivity index (χ0n) is 9.29. The van der Waals surface area contributed by atoms with Gasteiger partial charge in [0.25, 0.3) is 0 Å². The SMILES string of the molecule is Cc1ccc(NC(=O)CCCCO)c(Br)c1. The summed E-state index contributed by atoms with van der Waals surface area (Å²) in [5, 5.41) is 11.4. The zero-order chi connectivity index (χ0) is 12.0. The van der Waals surface area contributed by atoms with E-state index in [1.54, 1.807) is 0 Å². The van der Waals surface area contributed by atoms with Crippen LogP contribution in [0.2, 0.25) is 0 Å². The Bertz CT molecular complexity index is 366. The van der Waals surface area contributed by atoms with E-state index in [-0.39, 0.29) is 12.5 Å². The number of aliphatic hydroxyl groups is 1. The number of halogens is 1. The van der Waals surface area contributed by atoms with Crippen molar-refractivity contribution in [2.45, 2.75) is 26.2 Å². The highest BCUT2D eigenvalue weighted by molar-refractivity contribution is 9.10. The van der Waals surface area contributed by atoms with Gasteiger partial charge in [-0.05, 0) is 53.4 Å². The highest BCUT2D eigenvalue weighted by atomic mass is 79.9. The maximum atomic E-state index is 11.5. The Morgan fingerprint density at radius 1 is 1.44 bits per heavy atom. The third kappa shape index (κ3) is 4.33. The summed E-state index contributed by atoms with van der Waals surface area (Å²) in [7, 11) is 0. The third-order valence-electron chi connectivity index (χ3n) is 2.21. The lowest BCUT2D eigenvalue weighted by Gasteiger charge is -2.07. The molecule has 0 saturated carbocycles. The molecule has 1 aromatic carbocycles. The third-order valence-corrected chi connectivity index (χ3v) is 2.87. The first kappa shape index (κ1) is 13.2. The van der Waals surface area contributed by atoms with Gasteiger partial charge in [0.05, 0.1) is 5.69 Å². The molecule has 0 atom stereocenters. The van der Waals surface area contributed by atoms with E-state index in [2.05, 4.69) is 21.2 Å². The van der Waals surface area contributed by atoms with Crippen LogP contribution in [0.25, 0.3) is 0 Å². The van der Waals surface area contributed by atoms with E-state index < -0.39 is 0 Å². The Labute approximate surface area is 104 Å². The standard InChI is InChI=1S/C12H16BrNO2/c1-9-5-6-11(10(13)8-9)14-12(16)4-2-3-7-15/h5-6,8,15H,2-4,7H2,1H3,(H,14,16). The quantitative estimate of drug-likeness (QED) is 0.818. The molecule has 1 rings (SSSR count).